The van der Waals surface area contributed by atoms with Gasteiger partial charge < -0.3 is 34.0 Å². The summed E-state index contributed by atoms with van der Waals surface area (Å²) in [4.78, 5) is 4.32. The van der Waals surface area contributed by atoms with Crippen LogP contribution in [0.2, 0.25) is 0 Å². The monoisotopic (exact) mass is 461 g/mol. The van der Waals surface area contributed by atoms with Gasteiger partial charge in [0.05, 0.1) is 25.9 Å². The van der Waals surface area contributed by atoms with Gasteiger partial charge in [-0.1, -0.05) is 13.0 Å². The highest BCUT2D eigenvalue weighted by Gasteiger charge is 2.25. The fraction of sp³-hybridized carbons (Fsp3) is 0.542. The number of pyridine rings is 1. The molecule has 0 aliphatic rings. The molecule has 8 nitrogen and oxygen atoms in total. The molecule has 1 heterocycles. The lowest BCUT2D eigenvalue weighted by Crippen LogP contribution is -2.34. The van der Waals surface area contributed by atoms with Crippen molar-refractivity contribution in [2.24, 2.45) is 0 Å². The number of benzene rings is 1. The maximum absolute atomic E-state index is 10.0. The van der Waals surface area contributed by atoms with E-state index in [0.29, 0.717) is 24.5 Å². The van der Waals surface area contributed by atoms with E-state index in [4.69, 9.17) is 18.8 Å². The highest BCUT2D eigenvalue weighted by atomic mass is 16.7. The molecule has 0 spiro atoms. The number of aliphatic hydroxyl groups excluding tert-OH is 1. The standard InChI is InChI=1S/C24H36BNO7/c1-6-9-31-23-11-18(7-8-22(23)30-5)19-10-20(14-26-13-19)21(15-27)16-32-25(29)33-17(2)12-24(3,4)28/h7-8,10-11,13-14,17,21,27-29H,6,9,12,15-16H2,1-5H3/t17-,21+/m0/s1. The Morgan fingerprint density at radius 2 is 1.88 bits per heavy atom. The van der Waals surface area contributed by atoms with Gasteiger partial charge in [-0.05, 0) is 56.5 Å². The molecule has 33 heavy (non-hydrogen) atoms. The minimum Gasteiger partial charge on any atom is -0.493 e. The normalized spacial score (nSPS) is 13.5. The first-order chi connectivity index (χ1) is 15.7. The van der Waals surface area contributed by atoms with Gasteiger partial charge in [0, 0.05) is 43.0 Å². The molecule has 3 N–H and O–H groups in total. The average Bonchev–Trinajstić information content (AvgIpc) is 2.76. The van der Waals surface area contributed by atoms with Gasteiger partial charge in [0.1, 0.15) is 0 Å². The van der Waals surface area contributed by atoms with E-state index in [2.05, 4.69) is 4.98 Å². The molecule has 0 aliphatic carbocycles. The molecule has 0 saturated heterocycles. The van der Waals surface area contributed by atoms with E-state index in [1.165, 1.54) is 0 Å². The van der Waals surface area contributed by atoms with Gasteiger partial charge in [0.25, 0.3) is 0 Å². The molecular weight excluding hydrogens is 425 g/mol. The van der Waals surface area contributed by atoms with Crippen LogP contribution >= 0.6 is 0 Å². The second kappa shape index (κ2) is 12.9. The summed E-state index contributed by atoms with van der Waals surface area (Å²) in [6, 6.07) is 7.60. The molecule has 9 heteroatoms. The Balaban J connectivity index is 2.09. The van der Waals surface area contributed by atoms with Crippen molar-refractivity contribution in [3.8, 4) is 22.6 Å². The van der Waals surface area contributed by atoms with Gasteiger partial charge in [-0.25, -0.2) is 0 Å². The lowest BCUT2D eigenvalue weighted by Gasteiger charge is -2.24. The second-order valence-electron chi connectivity index (χ2n) is 8.70. The third kappa shape index (κ3) is 8.95. The minimum absolute atomic E-state index is 0.0332. The number of nitrogens with zero attached hydrogens (tertiary/aromatic N) is 1. The van der Waals surface area contributed by atoms with Gasteiger partial charge >= 0.3 is 7.32 Å². The number of hydrogen-bond acceptors (Lipinski definition) is 8. The Hall–Kier alpha value is -2.17. The highest BCUT2D eigenvalue weighted by molar-refractivity contribution is 6.34. The van der Waals surface area contributed by atoms with Crippen LogP contribution in [0.3, 0.4) is 0 Å². The zero-order valence-electron chi connectivity index (χ0n) is 20.2. The lowest BCUT2D eigenvalue weighted by molar-refractivity contribution is 0.0105. The predicted octanol–water partition coefficient (Wildman–Crippen LogP) is 3.18. The number of aromatic nitrogens is 1. The molecule has 0 radical (unpaired) electrons. The van der Waals surface area contributed by atoms with E-state index in [1.807, 2.05) is 31.2 Å². The molecule has 2 atom stereocenters. The van der Waals surface area contributed by atoms with Crippen molar-refractivity contribution in [3.05, 3.63) is 42.2 Å². The number of aliphatic hydroxyl groups is 2. The number of rotatable bonds is 14. The first-order valence-corrected chi connectivity index (χ1v) is 11.2. The van der Waals surface area contributed by atoms with Crippen molar-refractivity contribution in [1.82, 2.24) is 4.98 Å². The lowest BCUT2D eigenvalue weighted by atomic mass is 9.98. The smallest absolute Gasteiger partial charge is 0.493 e. The van der Waals surface area contributed by atoms with Crippen molar-refractivity contribution in [2.45, 2.75) is 58.2 Å². The molecule has 0 saturated carbocycles. The molecule has 0 unspecified atom stereocenters. The van der Waals surface area contributed by atoms with E-state index in [-0.39, 0.29) is 13.2 Å². The van der Waals surface area contributed by atoms with Gasteiger partial charge in [-0.3, -0.25) is 4.98 Å². The largest absolute Gasteiger partial charge is 0.636 e. The van der Waals surface area contributed by atoms with Crippen molar-refractivity contribution < 1.29 is 34.0 Å². The molecule has 182 valence electrons. The van der Waals surface area contributed by atoms with Gasteiger partial charge in [0.2, 0.25) is 0 Å². The Bertz CT molecular complexity index is 859. The molecule has 0 fully saturated rings. The minimum atomic E-state index is -1.47. The molecule has 0 aliphatic heterocycles. The van der Waals surface area contributed by atoms with Crippen LogP contribution in [0.15, 0.2) is 36.7 Å². The van der Waals surface area contributed by atoms with E-state index in [9.17, 15) is 15.2 Å². The molecule has 2 rings (SSSR count). The van der Waals surface area contributed by atoms with E-state index in [0.717, 1.165) is 23.1 Å². The predicted molar refractivity (Wildman–Crippen MR) is 127 cm³/mol. The molecule has 0 amide bonds. The van der Waals surface area contributed by atoms with Crippen LogP contribution in [0, 0.1) is 0 Å². The van der Waals surface area contributed by atoms with Gasteiger partial charge in [-0.2, -0.15) is 0 Å². The zero-order chi connectivity index (χ0) is 24.4. The molecule has 1 aromatic heterocycles. The number of methoxy groups -OCH3 is 1. The van der Waals surface area contributed by atoms with Crippen LogP contribution < -0.4 is 9.47 Å². The summed E-state index contributed by atoms with van der Waals surface area (Å²) in [7, 11) is 0.137. The Morgan fingerprint density at radius 3 is 2.52 bits per heavy atom. The van der Waals surface area contributed by atoms with Crippen LogP contribution in [0.1, 0.15) is 52.0 Å². The third-order valence-corrected chi connectivity index (χ3v) is 4.99. The highest BCUT2D eigenvalue weighted by Crippen LogP contribution is 2.33. The first kappa shape index (κ1) is 27.1. The van der Waals surface area contributed by atoms with Crippen molar-refractivity contribution in [2.75, 3.05) is 26.9 Å². The van der Waals surface area contributed by atoms with Crippen molar-refractivity contribution >= 4 is 7.32 Å². The third-order valence-electron chi connectivity index (χ3n) is 4.99. The van der Waals surface area contributed by atoms with Gasteiger partial charge in [-0.15, -0.1) is 0 Å². The SMILES string of the molecule is CCCOc1cc(-c2cncc([C@H](CO)COB(O)O[C@@H](C)CC(C)(C)O)c2)ccc1OC. The van der Waals surface area contributed by atoms with Crippen molar-refractivity contribution in [3.63, 3.8) is 0 Å². The number of ether oxygens (including phenoxy) is 2. The Morgan fingerprint density at radius 1 is 1.12 bits per heavy atom. The van der Waals surface area contributed by atoms with Crippen LogP contribution in [-0.2, 0) is 9.31 Å². The second-order valence-corrected chi connectivity index (χ2v) is 8.70. The molecule has 1 aromatic carbocycles. The van der Waals surface area contributed by atoms with Crippen LogP contribution in [0.5, 0.6) is 11.5 Å². The maximum atomic E-state index is 10.0. The summed E-state index contributed by atoms with van der Waals surface area (Å²) in [5.74, 6) is 0.907. The topological polar surface area (TPSA) is 111 Å². The summed E-state index contributed by atoms with van der Waals surface area (Å²) in [6.45, 7) is 7.55. The zero-order valence-corrected chi connectivity index (χ0v) is 20.2. The Labute approximate surface area is 196 Å². The quantitative estimate of drug-likeness (QED) is 0.368. The summed E-state index contributed by atoms with van der Waals surface area (Å²) in [5.41, 5.74) is 1.60. The van der Waals surface area contributed by atoms with E-state index in [1.54, 1.807) is 40.3 Å². The fourth-order valence-corrected chi connectivity index (χ4v) is 3.46. The van der Waals surface area contributed by atoms with Crippen molar-refractivity contribution in [1.29, 1.82) is 0 Å². The van der Waals surface area contributed by atoms with E-state index < -0.39 is 24.9 Å². The van der Waals surface area contributed by atoms with E-state index >= 15 is 0 Å². The maximum Gasteiger partial charge on any atom is 0.636 e. The summed E-state index contributed by atoms with van der Waals surface area (Å²) < 4.78 is 22.0. The molecule has 0 bridgehead atoms. The van der Waals surface area contributed by atoms with Crippen LogP contribution in [0.25, 0.3) is 11.1 Å². The number of hydrogen-bond donors (Lipinski definition) is 3. The summed E-state index contributed by atoms with van der Waals surface area (Å²) >= 11 is 0. The summed E-state index contributed by atoms with van der Waals surface area (Å²) in [5, 5.41) is 29.8. The van der Waals surface area contributed by atoms with Gasteiger partial charge in [0.15, 0.2) is 11.5 Å². The van der Waals surface area contributed by atoms with Crippen LogP contribution in [0.4, 0.5) is 0 Å². The molecule has 2 aromatic rings. The molecular formula is C24H36BNO7. The summed E-state index contributed by atoms with van der Waals surface area (Å²) in [6.07, 6.45) is 4.22. The average molecular weight is 461 g/mol. The fourth-order valence-electron chi connectivity index (χ4n) is 3.46. The Kier molecular flexibility index (Phi) is 10.6. The first-order valence-electron chi connectivity index (χ1n) is 11.2. The van der Waals surface area contributed by atoms with Crippen LogP contribution in [-0.4, -0.2) is 66.2 Å².